The summed E-state index contributed by atoms with van der Waals surface area (Å²) in [7, 11) is 2.04. The van der Waals surface area contributed by atoms with E-state index in [9.17, 15) is 0 Å². The van der Waals surface area contributed by atoms with E-state index in [1.54, 1.807) is 7.11 Å². The van der Waals surface area contributed by atoms with Crippen LogP contribution in [0.5, 0.6) is 0 Å². The van der Waals surface area contributed by atoms with Gasteiger partial charge in [-0.05, 0) is 19.3 Å². The fraction of sp³-hybridized carbons (Fsp3) is 0.714. The molecule has 0 saturated carbocycles. The zero-order chi connectivity index (χ0) is 7.66. The Kier molecular flexibility index (Phi) is 8.48. The van der Waals surface area contributed by atoms with Gasteiger partial charge in [0.05, 0.1) is 0 Å². The highest BCUT2D eigenvalue weighted by atomic mass is 16.6. The molecule has 0 spiro atoms. The van der Waals surface area contributed by atoms with Crippen LogP contribution < -0.4 is 0 Å². The lowest BCUT2D eigenvalue weighted by Crippen LogP contribution is -2.02. The van der Waals surface area contributed by atoms with Crippen molar-refractivity contribution in [2.45, 2.75) is 19.3 Å². The van der Waals surface area contributed by atoms with Crippen LogP contribution in [0.1, 0.15) is 19.3 Å². The Morgan fingerprint density at radius 2 is 2.30 bits per heavy atom. The van der Waals surface area contributed by atoms with Crippen LogP contribution in [0.15, 0.2) is 12.7 Å². The van der Waals surface area contributed by atoms with Gasteiger partial charge in [-0.25, -0.2) is 0 Å². The largest absolute Gasteiger partial charge is 0.437 e. The first kappa shape index (κ1) is 9.72. The standard InChI is InChI=1S/C7H15BO2/c1-3-4-5-6-7-10-8-9-2/h3,8H,1,4-7H2,2H3. The molecule has 0 amide bonds. The third-order valence-corrected chi connectivity index (χ3v) is 1.15. The topological polar surface area (TPSA) is 18.5 Å². The molecule has 0 aliphatic carbocycles. The second kappa shape index (κ2) is 8.72. The van der Waals surface area contributed by atoms with Gasteiger partial charge in [0.2, 0.25) is 0 Å². The lowest BCUT2D eigenvalue weighted by atomic mass is 10.2. The minimum absolute atomic E-state index is 0.411. The van der Waals surface area contributed by atoms with Gasteiger partial charge in [0, 0.05) is 13.7 Å². The summed E-state index contributed by atoms with van der Waals surface area (Å²) in [6, 6.07) is 0. The first-order valence-corrected chi connectivity index (χ1v) is 3.59. The van der Waals surface area contributed by atoms with Gasteiger partial charge < -0.3 is 9.31 Å². The van der Waals surface area contributed by atoms with Crippen molar-refractivity contribution in [2.24, 2.45) is 0 Å². The molecule has 0 aromatic carbocycles. The Balaban J connectivity index is 2.70. The smallest absolute Gasteiger partial charge is 0.417 e. The van der Waals surface area contributed by atoms with E-state index in [0.717, 1.165) is 25.9 Å². The van der Waals surface area contributed by atoms with Crippen LogP contribution in [0.25, 0.3) is 0 Å². The van der Waals surface area contributed by atoms with Crippen molar-refractivity contribution < 1.29 is 9.31 Å². The summed E-state index contributed by atoms with van der Waals surface area (Å²) in [5.41, 5.74) is 0. The van der Waals surface area contributed by atoms with Crippen LogP contribution in [-0.4, -0.2) is 21.4 Å². The van der Waals surface area contributed by atoms with E-state index in [-0.39, 0.29) is 0 Å². The van der Waals surface area contributed by atoms with Gasteiger partial charge in [0.25, 0.3) is 0 Å². The molecule has 3 heteroatoms. The van der Waals surface area contributed by atoms with E-state index in [0.29, 0.717) is 7.69 Å². The zero-order valence-electron chi connectivity index (χ0n) is 6.64. The van der Waals surface area contributed by atoms with Crippen LogP contribution in [-0.2, 0) is 9.31 Å². The Hall–Kier alpha value is -0.275. The molecule has 0 radical (unpaired) electrons. The normalized spacial score (nSPS) is 9.30. The zero-order valence-corrected chi connectivity index (χ0v) is 6.64. The van der Waals surface area contributed by atoms with Crippen LogP contribution in [0, 0.1) is 0 Å². The maximum atomic E-state index is 5.07. The number of rotatable bonds is 7. The molecule has 0 aliphatic rings. The molecule has 0 unspecified atom stereocenters. The van der Waals surface area contributed by atoms with Gasteiger partial charge in [-0.3, -0.25) is 0 Å². The monoisotopic (exact) mass is 142 g/mol. The summed E-state index contributed by atoms with van der Waals surface area (Å²) in [4.78, 5) is 0. The lowest BCUT2D eigenvalue weighted by molar-refractivity contribution is 0.250. The van der Waals surface area contributed by atoms with E-state index in [1.807, 2.05) is 6.08 Å². The van der Waals surface area contributed by atoms with Crippen molar-refractivity contribution in [3.63, 3.8) is 0 Å². The first-order valence-electron chi connectivity index (χ1n) is 3.59. The van der Waals surface area contributed by atoms with Crippen molar-refractivity contribution in [2.75, 3.05) is 13.7 Å². The van der Waals surface area contributed by atoms with Gasteiger partial charge in [-0.2, -0.15) is 0 Å². The Labute approximate surface area is 63.5 Å². The van der Waals surface area contributed by atoms with E-state index in [4.69, 9.17) is 9.31 Å². The van der Waals surface area contributed by atoms with Crippen molar-refractivity contribution in [1.29, 1.82) is 0 Å². The predicted octanol–water partition coefficient (Wildman–Crippen LogP) is 1.27. The lowest BCUT2D eigenvalue weighted by Gasteiger charge is -1.98. The minimum Gasteiger partial charge on any atom is -0.417 e. The molecule has 10 heavy (non-hydrogen) atoms. The average molecular weight is 142 g/mol. The Bertz CT molecular complexity index is 76.0. The third kappa shape index (κ3) is 7.72. The van der Waals surface area contributed by atoms with E-state index in [1.165, 1.54) is 0 Å². The van der Waals surface area contributed by atoms with Crippen LogP contribution in [0.2, 0.25) is 0 Å². The molecular weight excluding hydrogens is 127 g/mol. The van der Waals surface area contributed by atoms with E-state index >= 15 is 0 Å². The number of unbranched alkanes of at least 4 members (excludes halogenated alkanes) is 2. The molecule has 0 rings (SSSR count). The summed E-state index contributed by atoms with van der Waals surface area (Å²) in [5.74, 6) is 0. The summed E-state index contributed by atoms with van der Waals surface area (Å²) < 4.78 is 9.78. The van der Waals surface area contributed by atoms with Gasteiger partial charge in [-0.1, -0.05) is 6.08 Å². The molecule has 0 fully saturated rings. The fourth-order valence-corrected chi connectivity index (χ4v) is 0.635. The SMILES string of the molecule is C=CCCCCOBOC. The average Bonchev–Trinajstić information content (AvgIpc) is 1.97. The molecule has 58 valence electrons. The Morgan fingerprint density at radius 3 is 2.90 bits per heavy atom. The quantitative estimate of drug-likeness (QED) is 0.302. The second-order valence-electron chi connectivity index (χ2n) is 2.10. The third-order valence-electron chi connectivity index (χ3n) is 1.15. The molecule has 0 N–H and O–H groups in total. The maximum absolute atomic E-state index is 5.07. The van der Waals surface area contributed by atoms with Gasteiger partial charge >= 0.3 is 7.69 Å². The minimum atomic E-state index is 0.411. The summed E-state index contributed by atoms with van der Waals surface area (Å²) in [6.07, 6.45) is 5.26. The number of hydrogen-bond acceptors (Lipinski definition) is 2. The van der Waals surface area contributed by atoms with Gasteiger partial charge in [0.1, 0.15) is 0 Å². The van der Waals surface area contributed by atoms with E-state index in [2.05, 4.69) is 6.58 Å². The molecule has 0 heterocycles. The van der Waals surface area contributed by atoms with Crippen molar-refractivity contribution in [3.8, 4) is 0 Å². The summed E-state index contributed by atoms with van der Waals surface area (Å²) >= 11 is 0. The number of allylic oxidation sites excluding steroid dienone is 1. The highest BCUT2D eigenvalue weighted by Gasteiger charge is 1.88. The van der Waals surface area contributed by atoms with Gasteiger partial charge in [0.15, 0.2) is 0 Å². The molecule has 0 atom stereocenters. The fourth-order valence-electron chi connectivity index (χ4n) is 0.635. The molecule has 0 saturated heterocycles. The molecule has 0 aromatic heterocycles. The van der Waals surface area contributed by atoms with E-state index < -0.39 is 0 Å². The molecule has 0 bridgehead atoms. The second-order valence-corrected chi connectivity index (χ2v) is 2.10. The predicted molar refractivity (Wildman–Crippen MR) is 44.2 cm³/mol. The summed E-state index contributed by atoms with van der Waals surface area (Å²) in [5, 5.41) is 0. The highest BCUT2D eigenvalue weighted by molar-refractivity contribution is 6.17. The van der Waals surface area contributed by atoms with Crippen molar-refractivity contribution >= 4 is 7.69 Å². The molecular formula is C7H15BO2. The van der Waals surface area contributed by atoms with Crippen LogP contribution >= 0.6 is 0 Å². The van der Waals surface area contributed by atoms with Crippen LogP contribution in [0.4, 0.5) is 0 Å². The van der Waals surface area contributed by atoms with Crippen molar-refractivity contribution in [3.05, 3.63) is 12.7 Å². The Morgan fingerprint density at radius 1 is 1.50 bits per heavy atom. The van der Waals surface area contributed by atoms with Crippen LogP contribution in [0.3, 0.4) is 0 Å². The molecule has 0 aliphatic heterocycles. The van der Waals surface area contributed by atoms with Gasteiger partial charge in [-0.15, -0.1) is 6.58 Å². The first-order chi connectivity index (χ1) is 4.91. The summed E-state index contributed by atoms with van der Waals surface area (Å²) in [6.45, 7) is 4.42. The highest BCUT2D eigenvalue weighted by Crippen LogP contribution is 1.94. The number of hydrogen-bond donors (Lipinski definition) is 0. The maximum Gasteiger partial charge on any atom is 0.437 e. The molecule has 2 nitrogen and oxygen atoms in total. The molecule has 0 aromatic rings. The van der Waals surface area contributed by atoms with Crippen molar-refractivity contribution in [1.82, 2.24) is 0 Å².